The maximum atomic E-state index is 4.83. The molecule has 1 aromatic heterocycles. The van der Waals surface area contributed by atoms with Gasteiger partial charge in [0, 0.05) is 35.9 Å². The highest BCUT2D eigenvalue weighted by Crippen LogP contribution is 2.30. The average Bonchev–Trinajstić information content (AvgIpc) is 2.79. The van der Waals surface area contributed by atoms with Gasteiger partial charge in [0.25, 0.3) is 0 Å². The van der Waals surface area contributed by atoms with Gasteiger partial charge in [-0.1, -0.05) is 60.7 Å². The van der Waals surface area contributed by atoms with Crippen LogP contribution >= 0.6 is 0 Å². The van der Waals surface area contributed by atoms with E-state index in [1.165, 1.54) is 5.69 Å². The lowest BCUT2D eigenvalue weighted by Crippen LogP contribution is -2.21. The van der Waals surface area contributed by atoms with E-state index in [0.29, 0.717) is 0 Å². The summed E-state index contributed by atoms with van der Waals surface area (Å²) in [6, 6.07) is 29.1. The van der Waals surface area contributed by atoms with E-state index in [1.807, 2.05) is 42.6 Å². The van der Waals surface area contributed by atoms with E-state index in [9.17, 15) is 0 Å². The lowest BCUT2D eigenvalue weighted by Gasteiger charge is -2.20. The molecule has 3 aromatic carbocycles. The normalized spacial score (nSPS) is 11.2. The third-order valence-corrected chi connectivity index (χ3v) is 5.14. The second-order valence-corrected chi connectivity index (χ2v) is 6.93. The molecule has 0 unspecified atom stereocenters. The summed E-state index contributed by atoms with van der Waals surface area (Å²) in [4.78, 5) is 12.0. The first-order valence-corrected chi connectivity index (χ1v) is 10.1. The second kappa shape index (κ2) is 8.70. The molecule has 0 aliphatic carbocycles. The molecule has 0 amide bonds. The standard InChI is InChI=1S/C26H25N3/c1-3-29(4-2)22-16-14-20(15-17-22)19-27-26-18-25(21-10-6-5-7-11-21)28-24-13-9-8-12-23(24)26/h5-19H,3-4H2,1-2H3. The Morgan fingerprint density at radius 1 is 0.828 bits per heavy atom. The van der Waals surface area contributed by atoms with Gasteiger partial charge in [0.05, 0.1) is 16.9 Å². The Labute approximate surface area is 172 Å². The van der Waals surface area contributed by atoms with Crippen LogP contribution in [-0.2, 0) is 0 Å². The number of benzene rings is 3. The van der Waals surface area contributed by atoms with Crippen LogP contribution in [0, 0.1) is 0 Å². The molecule has 1 heterocycles. The highest BCUT2D eigenvalue weighted by Gasteiger charge is 2.06. The monoisotopic (exact) mass is 379 g/mol. The van der Waals surface area contributed by atoms with Crippen LogP contribution in [0.15, 0.2) is 89.9 Å². The van der Waals surface area contributed by atoms with E-state index in [4.69, 9.17) is 9.98 Å². The molecule has 0 aliphatic heterocycles. The number of rotatable bonds is 6. The fourth-order valence-electron chi connectivity index (χ4n) is 3.52. The zero-order valence-corrected chi connectivity index (χ0v) is 16.9. The van der Waals surface area contributed by atoms with Crippen molar-refractivity contribution in [3.63, 3.8) is 0 Å². The van der Waals surface area contributed by atoms with Gasteiger partial charge in [-0.25, -0.2) is 4.98 Å². The summed E-state index contributed by atoms with van der Waals surface area (Å²) in [6.07, 6.45) is 1.93. The molecule has 0 saturated carbocycles. The first-order valence-electron chi connectivity index (χ1n) is 10.1. The van der Waals surface area contributed by atoms with Crippen molar-refractivity contribution in [1.82, 2.24) is 4.98 Å². The number of pyridine rings is 1. The SMILES string of the molecule is CCN(CC)c1ccc(C=Nc2cc(-c3ccccc3)nc3ccccc23)cc1. The van der Waals surface area contributed by atoms with E-state index in [-0.39, 0.29) is 0 Å². The zero-order chi connectivity index (χ0) is 20.1. The van der Waals surface area contributed by atoms with Crippen molar-refractivity contribution in [2.75, 3.05) is 18.0 Å². The minimum Gasteiger partial charge on any atom is -0.372 e. The number of hydrogen-bond acceptors (Lipinski definition) is 3. The molecule has 0 atom stereocenters. The minimum absolute atomic E-state index is 0.933. The third kappa shape index (κ3) is 4.19. The van der Waals surface area contributed by atoms with E-state index in [1.54, 1.807) is 0 Å². The topological polar surface area (TPSA) is 28.5 Å². The van der Waals surface area contributed by atoms with Crippen LogP contribution in [0.4, 0.5) is 11.4 Å². The van der Waals surface area contributed by atoms with Gasteiger partial charge in [-0.2, -0.15) is 0 Å². The largest absolute Gasteiger partial charge is 0.372 e. The van der Waals surface area contributed by atoms with Gasteiger partial charge >= 0.3 is 0 Å². The zero-order valence-electron chi connectivity index (χ0n) is 16.9. The lowest BCUT2D eigenvalue weighted by molar-refractivity contribution is 0.866. The van der Waals surface area contributed by atoms with Crippen LogP contribution in [0.5, 0.6) is 0 Å². The Bertz CT molecular complexity index is 1110. The quantitative estimate of drug-likeness (QED) is 0.358. The van der Waals surface area contributed by atoms with E-state index in [2.05, 4.69) is 67.3 Å². The fourth-order valence-corrected chi connectivity index (χ4v) is 3.52. The van der Waals surface area contributed by atoms with Gasteiger partial charge in [0.2, 0.25) is 0 Å². The van der Waals surface area contributed by atoms with Gasteiger partial charge in [-0.05, 0) is 43.7 Å². The molecule has 0 N–H and O–H groups in total. The van der Waals surface area contributed by atoms with Crippen LogP contribution in [0.3, 0.4) is 0 Å². The van der Waals surface area contributed by atoms with Gasteiger partial charge in [-0.15, -0.1) is 0 Å². The van der Waals surface area contributed by atoms with Crippen molar-refractivity contribution in [2.24, 2.45) is 4.99 Å². The summed E-state index contributed by atoms with van der Waals surface area (Å²) in [5, 5.41) is 1.06. The third-order valence-electron chi connectivity index (χ3n) is 5.14. The molecule has 0 radical (unpaired) electrons. The van der Waals surface area contributed by atoms with Crippen LogP contribution in [-0.4, -0.2) is 24.3 Å². The van der Waals surface area contributed by atoms with Crippen LogP contribution in [0.1, 0.15) is 19.4 Å². The maximum Gasteiger partial charge on any atom is 0.0745 e. The predicted octanol–water partition coefficient (Wildman–Crippen LogP) is 6.50. The Hall–Kier alpha value is -3.46. The molecule has 144 valence electrons. The summed E-state index contributed by atoms with van der Waals surface area (Å²) >= 11 is 0. The van der Waals surface area contributed by atoms with E-state index < -0.39 is 0 Å². The van der Waals surface area contributed by atoms with Crippen LogP contribution < -0.4 is 4.90 Å². The predicted molar refractivity (Wildman–Crippen MR) is 124 cm³/mol. The molecule has 0 aliphatic rings. The lowest BCUT2D eigenvalue weighted by atomic mass is 10.1. The summed E-state index contributed by atoms with van der Waals surface area (Å²) in [6.45, 7) is 6.37. The minimum atomic E-state index is 0.933. The first-order chi connectivity index (χ1) is 14.3. The summed E-state index contributed by atoms with van der Waals surface area (Å²) < 4.78 is 0. The molecule has 3 nitrogen and oxygen atoms in total. The highest BCUT2D eigenvalue weighted by atomic mass is 15.1. The molecule has 0 spiro atoms. The molecule has 4 aromatic rings. The van der Waals surface area contributed by atoms with Crippen molar-refractivity contribution in [1.29, 1.82) is 0 Å². The number of aliphatic imine (C=N–C) groups is 1. The number of aromatic nitrogens is 1. The molecule has 29 heavy (non-hydrogen) atoms. The first kappa shape index (κ1) is 18.9. The van der Waals surface area contributed by atoms with Gasteiger partial charge in [0.1, 0.15) is 0 Å². The highest BCUT2D eigenvalue weighted by molar-refractivity contribution is 5.95. The van der Waals surface area contributed by atoms with Crippen molar-refractivity contribution in [3.8, 4) is 11.3 Å². The number of nitrogens with zero attached hydrogens (tertiary/aromatic N) is 3. The Morgan fingerprint density at radius 3 is 2.24 bits per heavy atom. The molecular formula is C26H25N3. The van der Waals surface area contributed by atoms with Gasteiger partial charge in [-0.3, -0.25) is 4.99 Å². The smallest absolute Gasteiger partial charge is 0.0745 e. The second-order valence-electron chi connectivity index (χ2n) is 6.93. The Balaban J connectivity index is 1.70. The van der Waals surface area contributed by atoms with Crippen molar-refractivity contribution < 1.29 is 0 Å². The van der Waals surface area contributed by atoms with Crippen molar-refractivity contribution in [3.05, 3.63) is 90.5 Å². The number of fused-ring (bicyclic) bond motifs is 1. The Morgan fingerprint density at radius 2 is 1.52 bits per heavy atom. The number of hydrogen-bond donors (Lipinski definition) is 0. The van der Waals surface area contributed by atoms with Crippen molar-refractivity contribution in [2.45, 2.75) is 13.8 Å². The molecule has 4 rings (SSSR count). The van der Waals surface area contributed by atoms with E-state index in [0.717, 1.165) is 46.5 Å². The molecule has 0 fully saturated rings. The van der Waals surface area contributed by atoms with Gasteiger partial charge in [0.15, 0.2) is 0 Å². The van der Waals surface area contributed by atoms with E-state index >= 15 is 0 Å². The van der Waals surface area contributed by atoms with Gasteiger partial charge < -0.3 is 4.90 Å². The molecular weight excluding hydrogens is 354 g/mol. The summed E-state index contributed by atoms with van der Waals surface area (Å²) in [5.74, 6) is 0. The average molecular weight is 380 g/mol. The molecule has 0 bridgehead atoms. The number of anilines is 1. The Kier molecular flexibility index (Phi) is 5.66. The summed E-state index contributed by atoms with van der Waals surface area (Å²) in [7, 11) is 0. The summed E-state index contributed by atoms with van der Waals surface area (Å²) in [5.41, 5.74) is 6.25. The van der Waals surface area contributed by atoms with Crippen LogP contribution in [0.25, 0.3) is 22.2 Å². The fraction of sp³-hybridized carbons (Fsp3) is 0.154. The molecule has 3 heteroatoms. The molecule has 0 saturated heterocycles. The number of para-hydroxylation sites is 1. The van der Waals surface area contributed by atoms with Crippen molar-refractivity contribution >= 4 is 28.5 Å². The van der Waals surface area contributed by atoms with Crippen LogP contribution in [0.2, 0.25) is 0 Å². The maximum absolute atomic E-state index is 4.83.